The Morgan fingerprint density at radius 1 is 0.950 bits per heavy atom. The molecular formula is C32H30N4O3S. The smallest absolute Gasteiger partial charge is 0.238 e. The zero-order chi connectivity index (χ0) is 28.3. The Morgan fingerprint density at radius 3 is 2.40 bits per heavy atom. The van der Waals surface area contributed by atoms with Crippen molar-refractivity contribution >= 4 is 32.3 Å². The molecule has 0 spiro atoms. The van der Waals surface area contributed by atoms with Gasteiger partial charge in [-0.2, -0.15) is 0 Å². The van der Waals surface area contributed by atoms with Crippen LogP contribution in [0, 0.1) is 0 Å². The number of nitrogens with zero attached hydrogens (tertiary/aromatic N) is 1. The molecule has 202 valence electrons. The molecule has 0 aliphatic rings. The van der Waals surface area contributed by atoms with Crippen LogP contribution in [0.4, 0.5) is 11.5 Å². The van der Waals surface area contributed by atoms with Gasteiger partial charge in [0.25, 0.3) is 0 Å². The number of fused-ring (bicyclic) bond motifs is 1. The largest absolute Gasteiger partial charge is 0.508 e. The van der Waals surface area contributed by atoms with Crippen molar-refractivity contribution in [1.82, 2.24) is 4.98 Å². The molecular weight excluding hydrogens is 520 g/mol. The van der Waals surface area contributed by atoms with E-state index in [0.29, 0.717) is 11.4 Å². The van der Waals surface area contributed by atoms with Gasteiger partial charge in [0.2, 0.25) is 10.0 Å². The standard InChI is InChI=1S/C32H30N4O3S/c1-21(36-26-13-9-24(10-14-26)29-4-2-3-5-31(29)40(34,38)39)28(23-11-15-27(37)16-12-23)17-7-22-6-8-25-18-19-35-32(33)30(25)20-22/h2-6,8-16,18-20,28,36-37H,1,7,17H2,(H2,33,35)(H2,34,38,39). The molecule has 5 rings (SSSR count). The van der Waals surface area contributed by atoms with Gasteiger partial charge in [-0.15, -0.1) is 0 Å². The number of allylic oxidation sites excluding steroid dienone is 1. The minimum atomic E-state index is -3.86. The van der Waals surface area contributed by atoms with Crippen molar-refractivity contribution in [3.8, 4) is 16.9 Å². The van der Waals surface area contributed by atoms with E-state index in [2.05, 4.69) is 35.1 Å². The minimum Gasteiger partial charge on any atom is -0.508 e. The number of aromatic hydroxyl groups is 1. The van der Waals surface area contributed by atoms with Crippen molar-refractivity contribution < 1.29 is 13.5 Å². The van der Waals surface area contributed by atoms with Crippen LogP contribution < -0.4 is 16.2 Å². The van der Waals surface area contributed by atoms with Gasteiger partial charge < -0.3 is 16.2 Å². The summed E-state index contributed by atoms with van der Waals surface area (Å²) >= 11 is 0. The van der Waals surface area contributed by atoms with Crippen LogP contribution in [-0.4, -0.2) is 18.5 Å². The average Bonchev–Trinajstić information content (AvgIpc) is 2.94. The van der Waals surface area contributed by atoms with Gasteiger partial charge in [0.15, 0.2) is 0 Å². The van der Waals surface area contributed by atoms with E-state index in [0.717, 1.165) is 51.7 Å². The molecule has 0 amide bonds. The van der Waals surface area contributed by atoms with Crippen LogP contribution in [0.15, 0.2) is 120 Å². The van der Waals surface area contributed by atoms with E-state index in [4.69, 9.17) is 10.9 Å². The molecule has 0 aliphatic heterocycles. The summed E-state index contributed by atoms with van der Waals surface area (Å²) in [7, 11) is -3.86. The maximum absolute atomic E-state index is 12.0. The van der Waals surface area contributed by atoms with Gasteiger partial charge in [-0.3, -0.25) is 0 Å². The molecule has 1 unspecified atom stereocenters. The highest BCUT2D eigenvalue weighted by molar-refractivity contribution is 7.89. The zero-order valence-electron chi connectivity index (χ0n) is 21.8. The highest BCUT2D eigenvalue weighted by Crippen LogP contribution is 2.33. The third-order valence-electron chi connectivity index (χ3n) is 6.99. The normalized spacial score (nSPS) is 12.2. The molecule has 0 radical (unpaired) electrons. The average molecular weight is 551 g/mol. The van der Waals surface area contributed by atoms with Crippen LogP contribution >= 0.6 is 0 Å². The second-order valence-electron chi connectivity index (χ2n) is 9.70. The van der Waals surface area contributed by atoms with Gasteiger partial charge in [-0.25, -0.2) is 18.5 Å². The minimum absolute atomic E-state index is 0.0506. The molecule has 0 saturated heterocycles. The molecule has 1 atom stereocenters. The number of aromatic nitrogens is 1. The Bertz CT molecular complexity index is 1780. The van der Waals surface area contributed by atoms with Crippen molar-refractivity contribution in [1.29, 1.82) is 0 Å². The van der Waals surface area contributed by atoms with Crippen LogP contribution in [0.3, 0.4) is 0 Å². The summed E-state index contributed by atoms with van der Waals surface area (Å²) in [6.45, 7) is 4.35. The maximum Gasteiger partial charge on any atom is 0.238 e. The monoisotopic (exact) mass is 550 g/mol. The first-order valence-corrected chi connectivity index (χ1v) is 14.3. The predicted octanol–water partition coefficient (Wildman–Crippen LogP) is 6.18. The fraction of sp³-hybridized carbons (Fsp3) is 0.0938. The number of aryl methyl sites for hydroxylation is 1. The van der Waals surface area contributed by atoms with E-state index >= 15 is 0 Å². The third kappa shape index (κ3) is 5.98. The highest BCUT2D eigenvalue weighted by atomic mass is 32.2. The summed E-state index contributed by atoms with van der Waals surface area (Å²) < 4.78 is 24.1. The lowest BCUT2D eigenvalue weighted by Crippen LogP contribution is -2.13. The molecule has 1 aromatic heterocycles. The van der Waals surface area contributed by atoms with Gasteiger partial charge >= 0.3 is 0 Å². The molecule has 40 heavy (non-hydrogen) atoms. The molecule has 0 fully saturated rings. The van der Waals surface area contributed by atoms with Crippen molar-refractivity contribution in [3.05, 3.63) is 127 Å². The van der Waals surface area contributed by atoms with Gasteiger partial charge in [0.05, 0.1) is 4.90 Å². The Morgan fingerprint density at radius 2 is 1.68 bits per heavy atom. The number of nitrogens with one attached hydrogen (secondary N) is 1. The van der Waals surface area contributed by atoms with Crippen LogP contribution in [0.1, 0.15) is 23.5 Å². The van der Waals surface area contributed by atoms with E-state index in [1.165, 1.54) is 6.07 Å². The van der Waals surface area contributed by atoms with E-state index in [1.54, 1.807) is 36.5 Å². The topological polar surface area (TPSA) is 131 Å². The van der Waals surface area contributed by atoms with Gasteiger partial charge in [0.1, 0.15) is 11.6 Å². The molecule has 0 saturated carbocycles. The molecule has 5 aromatic rings. The Balaban J connectivity index is 1.37. The molecule has 7 nitrogen and oxygen atoms in total. The van der Waals surface area contributed by atoms with Crippen LogP contribution in [0.25, 0.3) is 21.9 Å². The SMILES string of the molecule is C=C(Nc1ccc(-c2ccccc2S(N)(=O)=O)cc1)C(CCc1ccc2ccnc(N)c2c1)c1ccc(O)cc1. The second kappa shape index (κ2) is 11.2. The fourth-order valence-corrected chi connectivity index (χ4v) is 5.67. The quantitative estimate of drug-likeness (QED) is 0.173. The van der Waals surface area contributed by atoms with Gasteiger partial charge in [-0.1, -0.05) is 61.2 Å². The molecule has 1 heterocycles. The lowest BCUT2D eigenvalue weighted by atomic mass is 9.89. The Hall–Kier alpha value is -4.66. The number of rotatable bonds is 9. The summed E-state index contributed by atoms with van der Waals surface area (Å²) in [6, 6.07) is 29.5. The summed E-state index contributed by atoms with van der Waals surface area (Å²) in [5.41, 5.74) is 11.2. The number of nitrogens with two attached hydrogens (primary N) is 2. The maximum atomic E-state index is 12.0. The van der Waals surface area contributed by atoms with Crippen molar-refractivity contribution in [2.24, 2.45) is 5.14 Å². The second-order valence-corrected chi connectivity index (χ2v) is 11.2. The predicted molar refractivity (Wildman–Crippen MR) is 161 cm³/mol. The molecule has 0 aliphatic carbocycles. The molecule has 6 N–H and O–H groups in total. The van der Waals surface area contributed by atoms with E-state index < -0.39 is 10.0 Å². The van der Waals surface area contributed by atoms with Crippen molar-refractivity contribution in [2.45, 2.75) is 23.7 Å². The van der Waals surface area contributed by atoms with E-state index in [-0.39, 0.29) is 16.6 Å². The first-order valence-electron chi connectivity index (χ1n) is 12.8. The van der Waals surface area contributed by atoms with Crippen LogP contribution in [0.5, 0.6) is 5.75 Å². The highest BCUT2D eigenvalue weighted by Gasteiger charge is 2.18. The number of sulfonamides is 1. The Kier molecular flexibility index (Phi) is 7.55. The Labute approximate surface area is 233 Å². The van der Waals surface area contributed by atoms with Crippen LogP contribution in [0.2, 0.25) is 0 Å². The number of nitrogen functional groups attached to an aromatic ring is 1. The van der Waals surface area contributed by atoms with Gasteiger partial charge in [0, 0.05) is 34.4 Å². The van der Waals surface area contributed by atoms with Crippen molar-refractivity contribution in [2.75, 3.05) is 11.1 Å². The summed E-state index contributed by atoms with van der Waals surface area (Å²) in [5, 5.41) is 20.7. The van der Waals surface area contributed by atoms with Crippen LogP contribution in [-0.2, 0) is 16.4 Å². The number of pyridine rings is 1. The molecule has 0 bridgehead atoms. The van der Waals surface area contributed by atoms with E-state index in [1.807, 2.05) is 42.5 Å². The number of phenolic OH excluding ortho intramolecular Hbond substituents is 1. The lowest BCUT2D eigenvalue weighted by molar-refractivity contribution is 0.475. The first-order chi connectivity index (χ1) is 19.2. The lowest BCUT2D eigenvalue weighted by Gasteiger charge is -2.22. The number of anilines is 2. The number of phenols is 1. The number of hydrogen-bond donors (Lipinski definition) is 4. The number of primary sulfonamides is 1. The number of benzene rings is 4. The zero-order valence-corrected chi connectivity index (χ0v) is 22.6. The summed E-state index contributed by atoms with van der Waals surface area (Å²) in [4.78, 5) is 4.29. The summed E-state index contributed by atoms with van der Waals surface area (Å²) in [5.74, 6) is 0.662. The van der Waals surface area contributed by atoms with E-state index in [9.17, 15) is 13.5 Å². The van der Waals surface area contributed by atoms with Crippen molar-refractivity contribution in [3.63, 3.8) is 0 Å². The number of hydrogen-bond acceptors (Lipinski definition) is 6. The first kappa shape index (κ1) is 26.9. The van der Waals surface area contributed by atoms with Gasteiger partial charge in [-0.05, 0) is 77.4 Å². The molecule has 4 aromatic carbocycles. The fourth-order valence-electron chi connectivity index (χ4n) is 4.91. The third-order valence-corrected chi connectivity index (χ3v) is 7.96. The summed E-state index contributed by atoms with van der Waals surface area (Å²) in [6.07, 6.45) is 3.25. The molecule has 8 heteroatoms.